The lowest BCUT2D eigenvalue weighted by Gasteiger charge is -2.12. The Bertz CT molecular complexity index is 331. The van der Waals surface area contributed by atoms with Crippen LogP contribution in [0.3, 0.4) is 0 Å². The van der Waals surface area contributed by atoms with E-state index in [2.05, 4.69) is 22.2 Å². The quantitative estimate of drug-likeness (QED) is 0.795. The van der Waals surface area contributed by atoms with E-state index in [-0.39, 0.29) is 0 Å². The maximum atomic E-state index is 5.07. The molecule has 0 aromatic carbocycles. The van der Waals surface area contributed by atoms with Gasteiger partial charge in [0.1, 0.15) is 0 Å². The van der Waals surface area contributed by atoms with Gasteiger partial charge in [0.05, 0.1) is 13.7 Å². The van der Waals surface area contributed by atoms with Crippen molar-refractivity contribution in [2.75, 3.05) is 32.7 Å². The molecule has 0 saturated carbocycles. The van der Waals surface area contributed by atoms with Crippen molar-refractivity contribution in [3.63, 3.8) is 0 Å². The number of rotatable bonds is 6. The van der Waals surface area contributed by atoms with E-state index in [0.29, 0.717) is 17.7 Å². The largest absolute Gasteiger partial charge is 0.481 e. The number of methoxy groups -OCH3 is 2. The fourth-order valence-corrected chi connectivity index (χ4v) is 1.33. The summed E-state index contributed by atoms with van der Waals surface area (Å²) < 4.78 is 10.1. The summed E-state index contributed by atoms with van der Waals surface area (Å²) in [5.74, 6) is 1.59. The number of hydrogen-bond acceptors (Lipinski definition) is 5. The molecule has 1 heterocycles. The summed E-state index contributed by atoms with van der Waals surface area (Å²) in [6, 6.07) is 1.80. The molecule has 1 N–H and O–H groups in total. The lowest BCUT2D eigenvalue weighted by Crippen LogP contribution is -2.17. The molecule has 0 aliphatic heterocycles. The molecule has 1 aromatic heterocycles. The monoisotopic (exact) mass is 225 g/mol. The Balaban J connectivity index is 2.56. The molecule has 0 spiro atoms. The Morgan fingerprint density at radius 2 is 2.12 bits per heavy atom. The average Bonchev–Trinajstić information content (AvgIpc) is 2.26. The normalized spacial score (nSPS) is 12.2. The highest BCUT2D eigenvalue weighted by atomic mass is 16.5. The van der Waals surface area contributed by atoms with Crippen molar-refractivity contribution in [3.05, 3.63) is 11.8 Å². The van der Waals surface area contributed by atoms with Gasteiger partial charge in [0.2, 0.25) is 11.8 Å². The van der Waals surface area contributed by atoms with E-state index in [0.717, 1.165) is 18.8 Å². The highest BCUT2D eigenvalue weighted by Crippen LogP contribution is 2.11. The van der Waals surface area contributed by atoms with Gasteiger partial charge in [-0.3, -0.25) is 0 Å². The number of aromatic nitrogens is 2. The number of hydrogen-bond donors (Lipinski definition) is 1. The SMILES string of the molecule is COCC(C)CNc1nc(C)cc(OC)n1. The molecule has 0 bridgehead atoms. The molecule has 5 nitrogen and oxygen atoms in total. The minimum atomic E-state index is 0.417. The third kappa shape index (κ3) is 4.02. The molecule has 0 amide bonds. The van der Waals surface area contributed by atoms with Gasteiger partial charge >= 0.3 is 0 Å². The topological polar surface area (TPSA) is 56.3 Å². The van der Waals surface area contributed by atoms with E-state index in [1.807, 2.05) is 6.92 Å². The molecule has 1 atom stereocenters. The van der Waals surface area contributed by atoms with Gasteiger partial charge in [-0.2, -0.15) is 4.98 Å². The van der Waals surface area contributed by atoms with Gasteiger partial charge in [0, 0.05) is 25.4 Å². The Morgan fingerprint density at radius 1 is 1.38 bits per heavy atom. The summed E-state index contributed by atoms with van der Waals surface area (Å²) in [4.78, 5) is 8.47. The minimum Gasteiger partial charge on any atom is -0.481 e. The first kappa shape index (κ1) is 12.7. The zero-order valence-electron chi connectivity index (χ0n) is 10.3. The van der Waals surface area contributed by atoms with Crippen molar-refractivity contribution in [3.8, 4) is 5.88 Å². The lowest BCUT2D eigenvalue weighted by molar-refractivity contribution is 0.164. The molecule has 0 aliphatic carbocycles. The van der Waals surface area contributed by atoms with Crippen molar-refractivity contribution < 1.29 is 9.47 Å². The van der Waals surface area contributed by atoms with E-state index in [9.17, 15) is 0 Å². The fraction of sp³-hybridized carbons (Fsp3) is 0.636. The smallest absolute Gasteiger partial charge is 0.226 e. The second kappa shape index (κ2) is 6.27. The average molecular weight is 225 g/mol. The van der Waals surface area contributed by atoms with Gasteiger partial charge in [0.15, 0.2) is 0 Å². The van der Waals surface area contributed by atoms with Crippen LogP contribution in [0.25, 0.3) is 0 Å². The Morgan fingerprint density at radius 3 is 2.75 bits per heavy atom. The first-order chi connectivity index (χ1) is 7.65. The Labute approximate surface area is 96.2 Å². The first-order valence-electron chi connectivity index (χ1n) is 5.28. The van der Waals surface area contributed by atoms with Crippen LogP contribution < -0.4 is 10.1 Å². The van der Waals surface area contributed by atoms with Crippen molar-refractivity contribution in [1.82, 2.24) is 9.97 Å². The van der Waals surface area contributed by atoms with Crippen molar-refractivity contribution in [1.29, 1.82) is 0 Å². The van der Waals surface area contributed by atoms with Crippen LogP contribution in [0.1, 0.15) is 12.6 Å². The maximum absolute atomic E-state index is 5.07. The number of anilines is 1. The van der Waals surface area contributed by atoms with Crippen LogP contribution in [0.4, 0.5) is 5.95 Å². The lowest BCUT2D eigenvalue weighted by atomic mass is 10.2. The van der Waals surface area contributed by atoms with Crippen LogP contribution in [0.2, 0.25) is 0 Å². The van der Waals surface area contributed by atoms with Gasteiger partial charge < -0.3 is 14.8 Å². The van der Waals surface area contributed by atoms with Gasteiger partial charge in [-0.05, 0) is 12.8 Å². The van der Waals surface area contributed by atoms with Gasteiger partial charge in [-0.1, -0.05) is 6.92 Å². The second-order valence-electron chi connectivity index (χ2n) is 3.82. The van der Waals surface area contributed by atoms with Gasteiger partial charge in [0.25, 0.3) is 0 Å². The van der Waals surface area contributed by atoms with E-state index in [1.165, 1.54) is 0 Å². The predicted molar refractivity (Wildman–Crippen MR) is 62.9 cm³/mol. The number of aryl methyl sites for hydroxylation is 1. The summed E-state index contributed by atoms with van der Waals surface area (Å²) in [5.41, 5.74) is 0.883. The Hall–Kier alpha value is -1.36. The molecule has 1 unspecified atom stereocenters. The van der Waals surface area contributed by atoms with E-state index in [1.54, 1.807) is 20.3 Å². The molecule has 1 aromatic rings. The third-order valence-corrected chi connectivity index (χ3v) is 2.10. The van der Waals surface area contributed by atoms with Crippen molar-refractivity contribution in [2.45, 2.75) is 13.8 Å². The molecule has 0 fully saturated rings. The van der Waals surface area contributed by atoms with Gasteiger partial charge in [-0.15, -0.1) is 0 Å². The summed E-state index contributed by atoms with van der Waals surface area (Å²) in [7, 11) is 3.29. The molecular weight excluding hydrogens is 206 g/mol. The predicted octanol–water partition coefficient (Wildman–Crippen LogP) is 1.49. The zero-order chi connectivity index (χ0) is 12.0. The third-order valence-electron chi connectivity index (χ3n) is 2.10. The molecule has 0 aliphatic rings. The van der Waals surface area contributed by atoms with E-state index in [4.69, 9.17) is 9.47 Å². The minimum absolute atomic E-state index is 0.417. The highest BCUT2D eigenvalue weighted by Gasteiger charge is 2.04. The van der Waals surface area contributed by atoms with Crippen LogP contribution in [-0.2, 0) is 4.74 Å². The molecule has 0 saturated heterocycles. The summed E-state index contributed by atoms with van der Waals surface area (Å²) in [6.45, 7) is 5.51. The number of ether oxygens (including phenoxy) is 2. The summed E-state index contributed by atoms with van der Waals surface area (Å²) >= 11 is 0. The molecule has 90 valence electrons. The van der Waals surface area contributed by atoms with Crippen LogP contribution in [0, 0.1) is 12.8 Å². The highest BCUT2D eigenvalue weighted by molar-refractivity contribution is 5.30. The number of nitrogens with zero attached hydrogens (tertiary/aromatic N) is 2. The first-order valence-corrected chi connectivity index (χ1v) is 5.28. The Kier molecular flexibility index (Phi) is 4.98. The van der Waals surface area contributed by atoms with E-state index >= 15 is 0 Å². The molecule has 5 heteroatoms. The molecule has 0 radical (unpaired) electrons. The van der Waals surface area contributed by atoms with Crippen molar-refractivity contribution in [2.24, 2.45) is 5.92 Å². The van der Waals surface area contributed by atoms with Gasteiger partial charge in [-0.25, -0.2) is 4.98 Å². The van der Waals surface area contributed by atoms with Crippen LogP contribution in [-0.4, -0.2) is 37.3 Å². The summed E-state index contributed by atoms with van der Waals surface area (Å²) in [6.07, 6.45) is 0. The second-order valence-corrected chi connectivity index (χ2v) is 3.82. The van der Waals surface area contributed by atoms with E-state index < -0.39 is 0 Å². The molecular formula is C11H19N3O2. The zero-order valence-corrected chi connectivity index (χ0v) is 10.3. The fourth-order valence-electron chi connectivity index (χ4n) is 1.33. The summed E-state index contributed by atoms with van der Waals surface area (Å²) in [5, 5.41) is 3.16. The molecule has 1 rings (SSSR count). The molecule has 16 heavy (non-hydrogen) atoms. The standard InChI is InChI=1S/C11H19N3O2/c1-8(7-15-3)6-12-11-13-9(2)5-10(14-11)16-4/h5,8H,6-7H2,1-4H3,(H,12,13,14). The van der Waals surface area contributed by atoms with Crippen LogP contribution in [0.5, 0.6) is 5.88 Å². The number of nitrogens with one attached hydrogen (secondary N) is 1. The maximum Gasteiger partial charge on any atom is 0.226 e. The van der Waals surface area contributed by atoms with Crippen LogP contribution in [0.15, 0.2) is 6.07 Å². The van der Waals surface area contributed by atoms with Crippen LogP contribution >= 0.6 is 0 Å². The van der Waals surface area contributed by atoms with Crippen molar-refractivity contribution >= 4 is 5.95 Å².